The SMILES string of the molecule is NCCCCC(C=O)NCC(=O)O. The van der Waals surface area contributed by atoms with Crippen LogP contribution in [0, 0.1) is 0 Å². The summed E-state index contributed by atoms with van der Waals surface area (Å²) in [4.78, 5) is 20.6. The second-order valence-corrected chi connectivity index (χ2v) is 2.80. The highest BCUT2D eigenvalue weighted by Gasteiger charge is 2.07. The van der Waals surface area contributed by atoms with E-state index in [1.54, 1.807) is 0 Å². The molecule has 0 heterocycles. The second-order valence-electron chi connectivity index (χ2n) is 2.80. The van der Waals surface area contributed by atoms with Crippen molar-refractivity contribution in [2.45, 2.75) is 25.3 Å². The van der Waals surface area contributed by atoms with Crippen LogP contribution in [0.5, 0.6) is 0 Å². The lowest BCUT2D eigenvalue weighted by Crippen LogP contribution is -2.34. The molecule has 0 bridgehead atoms. The van der Waals surface area contributed by atoms with Gasteiger partial charge in [-0.15, -0.1) is 0 Å². The van der Waals surface area contributed by atoms with Gasteiger partial charge in [0.15, 0.2) is 0 Å². The number of carbonyl (C=O) groups excluding carboxylic acids is 1. The number of carbonyl (C=O) groups is 2. The third kappa shape index (κ3) is 7.42. The van der Waals surface area contributed by atoms with Gasteiger partial charge in [0.25, 0.3) is 0 Å². The molecule has 4 N–H and O–H groups in total. The Hall–Kier alpha value is -0.940. The number of unbranched alkanes of at least 4 members (excludes halogenated alkanes) is 1. The molecule has 0 aliphatic heterocycles. The van der Waals surface area contributed by atoms with E-state index in [1.807, 2.05) is 0 Å². The lowest BCUT2D eigenvalue weighted by atomic mass is 10.1. The first-order valence-electron chi connectivity index (χ1n) is 4.31. The van der Waals surface area contributed by atoms with Crippen LogP contribution >= 0.6 is 0 Å². The van der Waals surface area contributed by atoms with Crippen molar-refractivity contribution in [1.29, 1.82) is 0 Å². The first-order chi connectivity index (χ1) is 6.20. The summed E-state index contributed by atoms with van der Waals surface area (Å²) in [5.41, 5.74) is 5.28. The van der Waals surface area contributed by atoms with Gasteiger partial charge in [-0.25, -0.2) is 0 Å². The fourth-order valence-corrected chi connectivity index (χ4v) is 0.945. The van der Waals surface area contributed by atoms with Gasteiger partial charge >= 0.3 is 5.97 Å². The number of hydrogen-bond donors (Lipinski definition) is 3. The van der Waals surface area contributed by atoms with Crippen molar-refractivity contribution in [3.8, 4) is 0 Å². The molecule has 0 fully saturated rings. The van der Waals surface area contributed by atoms with Crippen molar-refractivity contribution in [2.24, 2.45) is 5.73 Å². The predicted molar refractivity (Wildman–Crippen MR) is 48.4 cm³/mol. The Kier molecular flexibility index (Phi) is 7.14. The fourth-order valence-electron chi connectivity index (χ4n) is 0.945. The normalized spacial score (nSPS) is 12.4. The summed E-state index contributed by atoms with van der Waals surface area (Å²) < 4.78 is 0. The van der Waals surface area contributed by atoms with Crippen LogP contribution in [0.2, 0.25) is 0 Å². The molecule has 0 aliphatic carbocycles. The standard InChI is InChI=1S/C8H16N2O3/c9-4-2-1-3-7(6-11)10-5-8(12)13/h6-7,10H,1-5,9H2,(H,12,13). The quantitative estimate of drug-likeness (QED) is 0.348. The molecule has 0 rings (SSSR count). The molecule has 13 heavy (non-hydrogen) atoms. The minimum absolute atomic E-state index is 0.175. The highest BCUT2D eigenvalue weighted by molar-refractivity contribution is 5.70. The third-order valence-electron chi connectivity index (χ3n) is 1.65. The third-order valence-corrected chi connectivity index (χ3v) is 1.65. The zero-order valence-corrected chi connectivity index (χ0v) is 7.53. The van der Waals surface area contributed by atoms with E-state index in [0.717, 1.165) is 19.1 Å². The molecule has 0 aromatic heterocycles. The zero-order valence-electron chi connectivity index (χ0n) is 7.53. The molecule has 0 amide bonds. The van der Waals surface area contributed by atoms with Crippen molar-refractivity contribution < 1.29 is 14.7 Å². The van der Waals surface area contributed by atoms with Gasteiger partial charge in [0.1, 0.15) is 6.29 Å². The minimum Gasteiger partial charge on any atom is -0.480 e. The molecule has 5 nitrogen and oxygen atoms in total. The monoisotopic (exact) mass is 188 g/mol. The lowest BCUT2D eigenvalue weighted by molar-refractivity contribution is -0.136. The van der Waals surface area contributed by atoms with Gasteiger partial charge in [0.05, 0.1) is 12.6 Å². The topological polar surface area (TPSA) is 92.4 Å². The first kappa shape index (κ1) is 12.1. The molecule has 0 spiro atoms. The molecule has 0 saturated carbocycles. The predicted octanol–water partition coefficient (Wildman–Crippen LogP) is -0.643. The summed E-state index contributed by atoms with van der Waals surface area (Å²) in [5, 5.41) is 11.0. The summed E-state index contributed by atoms with van der Waals surface area (Å²) in [6.45, 7) is 0.427. The number of rotatable bonds is 8. The van der Waals surface area contributed by atoms with Gasteiger partial charge in [0, 0.05) is 0 Å². The average molecular weight is 188 g/mol. The number of aliphatic carboxylic acids is 1. The number of nitrogens with one attached hydrogen (secondary N) is 1. The molecule has 5 heteroatoms. The largest absolute Gasteiger partial charge is 0.480 e. The Labute approximate surface area is 77.3 Å². The maximum absolute atomic E-state index is 10.4. The zero-order chi connectivity index (χ0) is 10.1. The maximum atomic E-state index is 10.4. The Bertz CT molecular complexity index is 161. The lowest BCUT2D eigenvalue weighted by Gasteiger charge is -2.09. The molecule has 0 aliphatic rings. The second kappa shape index (κ2) is 7.70. The Morgan fingerprint density at radius 2 is 2.23 bits per heavy atom. The van der Waals surface area contributed by atoms with E-state index in [0.29, 0.717) is 13.0 Å². The fraction of sp³-hybridized carbons (Fsp3) is 0.750. The average Bonchev–Trinajstić information content (AvgIpc) is 2.10. The Morgan fingerprint density at radius 1 is 1.54 bits per heavy atom. The molecule has 76 valence electrons. The van der Waals surface area contributed by atoms with Crippen LogP contribution in [0.15, 0.2) is 0 Å². The first-order valence-corrected chi connectivity index (χ1v) is 4.31. The summed E-state index contributed by atoms with van der Waals surface area (Å²) in [6.07, 6.45) is 3.08. The molecule has 1 atom stereocenters. The summed E-state index contributed by atoms with van der Waals surface area (Å²) in [6, 6.07) is -0.359. The van der Waals surface area contributed by atoms with Gasteiger partial charge in [0.2, 0.25) is 0 Å². The van der Waals surface area contributed by atoms with Crippen molar-refractivity contribution in [2.75, 3.05) is 13.1 Å². The molecule has 0 aromatic carbocycles. The van der Waals surface area contributed by atoms with E-state index in [2.05, 4.69) is 5.32 Å². The van der Waals surface area contributed by atoms with Crippen LogP contribution in [0.3, 0.4) is 0 Å². The van der Waals surface area contributed by atoms with Crippen LogP contribution in [-0.4, -0.2) is 36.5 Å². The van der Waals surface area contributed by atoms with E-state index < -0.39 is 5.97 Å². The van der Waals surface area contributed by atoms with Crippen molar-refractivity contribution in [1.82, 2.24) is 5.32 Å². The van der Waals surface area contributed by atoms with Crippen LogP contribution in [0.4, 0.5) is 0 Å². The van der Waals surface area contributed by atoms with Crippen LogP contribution in [0.25, 0.3) is 0 Å². The van der Waals surface area contributed by atoms with Crippen LogP contribution < -0.4 is 11.1 Å². The van der Waals surface area contributed by atoms with E-state index >= 15 is 0 Å². The van der Waals surface area contributed by atoms with Gasteiger partial charge < -0.3 is 15.6 Å². The number of nitrogens with two attached hydrogens (primary N) is 1. The molecule has 0 radical (unpaired) electrons. The Morgan fingerprint density at radius 3 is 2.69 bits per heavy atom. The molecule has 1 unspecified atom stereocenters. The molecular formula is C8H16N2O3. The smallest absolute Gasteiger partial charge is 0.317 e. The van der Waals surface area contributed by atoms with Crippen molar-refractivity contribution in [3.63, 3.8) is 0 Å². The molecule has 0 aromatic rings. The van der Waals surface area contributed by atoms with Crippen LogP contribution in [0.1, 0.15) is 19.3 Å². The molecule has 0 saturated heterocycles. The van der Waals surface area contributed by atoms with Crippen molar-refractivity contribution in [3.05, 3.63) is 0 Å². The maximum Gasteiger partial charge on any atom is 0.317 e. The number of carboxylic acids is 1. The van der Waals surface area contributed by atoms with Gasteiger partial charge in [-0.1, -0.05) is 6.42 Å². The summed E-state index contributed by atoms with van der Waals surface area (Å²) in [7, 11) is 0. The van der Waals surface area contributed by atoms with E-state index in [4.69, 9.17) is 10.8 Å². The Balaban J connectivity index is 3.51. The minimum atomic E-state index is -0.953. The number of hydrogen-bond acceptors (Lipinski definition) is 4. The number of aldehydes is 1. The van der Waals surface area contributed by atoms with E-state index in [9.17, 15) is 9.59 Å². The summed E-state index contributed by atoms with van der Waals surface area (Å²) >= 11 is 0. The van der Waals surface area contributed by atoms with E-state index in [-0.39, 0.29) is 12.6 Å². The van der Waals surface area contributed by atoms with Gasteiger partial charge in [-0.3, -0.25) is 10.1 Å². The highest BCUT2D eigenvalue weighted by atomic mass is 16.4. The van der Waals surface area contributed by atoms with E-state index in [1.165, 1.54) is 0 Å². The summed E-state index contributed by atoms with van der Waals surface area (Å²) in [5.74, 6) is -0.953. The van der Waals surface area contributed by atoms with Crippen LogP contribution in [-0.2, 0) is 9.59 Å². The van der Waals surface area contributed by atoms with Gasteiger partial charge in [-0.05, 0) is 19.4 Å². The van der Waals surface area contributed by atoms with Crippen molar-refractivity contribution >= 4 is 12.3 Å². The number of carboxylic acid groups (broad SMARTS) is 1. The van der Waals surface area contributed by atoms with Gasteiger partial charge in [-0.2, -0.15) is 0 Å². The molecular weight excluding hydrogens is 172 g/mol. The highest BCUT2D eigenvalue weighted by Crippen LogP contribution is 1.97.